The van der Waals surface area contributed by atoms with Crippen LogP contribution in [0.1, 0.15) is 49.5 Å². The van der Waals surface area contributed by atoms with Crippen molar-refractivity contribution in [3.8, 4) is 0 Å². The molecular weight excluding hydrogens is 440 g/mol. The summed E-state index contributed by atoms with van der Waals surface area (Å²) < 4.78 is 5.55. The molecule has 7 nitrogen and oxygen atoms in total. The Hall–Kier alpha value is -2.90. The number of rotatable bonds is 12. The van der Waals surface area contributed by atoms with Gasteiger partial charge in [0, 0.05) is 37.6 Å². The highest BCUT2D eigenvalue weighted by Crippen LogP contribution is 2.28. The minimum absolute atomic E-state index is 0.0495. The third-order valence-electron chi connectivity index (χ3n) is 6.60. The fourth-order valence-corrected chi connectivity index (χ4v) is 4.32. The van der Waals surface area contributed by atoms with Gasteiger partial charge in [-0.25, -0.2) is 0 Å². The first-order valence-corrected chi connectivity index (χ1v) is 12.8. The minimum atomic E-state index is -0.242. The third-order valence-corrected chi connectivity index (χ3v) is 6.60. The van der Waals surface area contributed by atoms with Gasteiger partial charge in [0.15, 0.2) is 0 Å². The number of anilines is 2. The molecule has 0 saturated carbocycles. The van der Waals surface area contributed by atoms with Crippen molar-refractivity contribution in [2.75, 3.05) is 56.1 Å². The molecule has 1 fully saturated rings. The van der Waals surface area contributed by atoms with Gasteiger partial charge in [-0.05, 0) is 55.6 Å². The van der Waals surface area contributed by atoms with Crippen molar-refractivity contribution in [2.45, 2.75) is 40.2 Å². The van der Waals surface area contributed by atoms with Gasteiger partial charge in [0.25, 0.3) is 5.91 Å². The van der Waals surface area contributed by atoms with E-state index in [1.165, 1.54) is 0 Å². The maximum atomic E-state index is 13.2. The van der Waals surface area contributed by atoms with Crippen LogP contribution < -0.4 is 15.5 Å². The molecule has 1 saturated heterocycles. The van der Waals surface area contributed by atoms with Crippen LogP contribution in [-0.4, -0.2) is 62.6 Å². The molecule has 0 spiro atoms. The van der Waals surface area contributed by atoms with E-state index in [0.717, 1.165) is 56.8 Å². The number of nitrogens with zero attached hydrogens (tertiary/aromatic N) is 2. The average Bonchev–Trinajstić information content (AvgIpc) is 2.88. The standard InChI is InChI=1S/C28H40N4O3/c1-4-31(5-2)18-15-29-28(34)25-19-24(11-12-26(25)32-16-13-22(3)14-17-32)30-27(33)21-35-20-23-9-7-6-8-10-23/h6-12,19,22H,4-5,13-18,20-21H2,1-3H3,(H,29,34)(H,30,33). The van der Waals surface area contributed by atoms with Gasteiger partial charge in [-0.15, -0.1) is 0 Å². The summed E-state index contributed by atoms with van der Waals surface area (Å²) in [4.78, 5) is 30.2. The Morgan fingerprint density at radius 2 is 1.77 bits per heavy atom. The number of ether oxygens (including phenoxy) is 1. The molecule has 0 bridgehead atoms. The van der Waals surface area contributed by atoms with E-state index in [-0.39, 0.29) is 18.4 Å². The number of carbonyl (C=O) groups is 2. The molecule has 0 atom stereocenters. The van der Waals surface area contributed by atoms with Crippen molar-refractivity contribution >= 4 is 23.2 Å². The van der Waals surface area contributed by atoms with Gasteiger partial charge < -0.3 is 25.2 Å². The molecule has 2 N–H and O–H groups in total. The Labute approximate surface area is 209 Å². The van der Waals surface area contributed by atoms with Crippen molar-refractivity contribution in [3.05, 3.63) is 59.7 Å². The quantitative estimate of drug-likeness (QED) is 0.477. The molecule has 190 valence electrons. The summed E-state index contributed by atoms with van der Waals surface area (Å²) in [6.45, 7) is 12.0. The second kappa shape index (κ2) is 13.9. The molecule has 0 radical (unpaired) electrons. The van der Waals surface area contributed by atoms with Gasteiger partial charge in [0.2, 0.25) is 5.91 Å². The predicted molar refractivity (Wildman–Crippen MR) is 142 cm³/mol. The molecule has 0 aliphatic carbocycles. The monoisotopic (exact) mass is 480 g/mol. The maximum Gasteiger partial charge on any atom is 0.253 e. The Morgan fingerprint density at radius 3 is 2.46 bits per heavy atom. The second-order valence-corrected chi connectivity index (χ2v) is 9.21. The van der Waals surface area contributed by atoms with E-state index in [1.807, 2.05) is 42.5 Å². The molecule has 1 heterocycles. The molecule has 1 aliphatic heterocycles. The topological polar surface area (TPSA) is 73.9 Å². The van der Waals surface area contributed by atoms with Crippen LogP contribution in [0.15, 0.2) is 48.5 Å². The number of benzene rings is 2. The minimum Gasteiger partial charge on any atom is -0.371 e. The van der Waals surface area contributed by atoms with Crippen LogP contribution in [0.25, 0.3) is 0 Å². The lowest BCUT2D eigenvalue weighted by molar-refractivity contribution is -0.121. The molecule has 7 heteroatoms. The number of piperidine rings is 1. The summed E-state index contributed by atoms with van der Waals surface area (Å²) in [5.41, 5.74) is 3.14. The number of hydrogen-bond acceptors (Lipinski definition) is 5. The summed E-state index contributed by atoms with van der Waals surface area (Å²) >= 11 is 0. The molecule has 2 aromatic carbocycles. The first kappa shape index (κ1) is 26.7. The lowest BCUT2D eigenvalue weighted by Crippen LogP contribution is -2.37. The zero-order valence-electron chi connectivity index (χ0n) is 21.4. The van der Waals surface area contributed by atoms with Crippen molar-refractivity contribution in [3.63, 3.8) is 0 Å². The van der Waals surface area contributed by atoms with Crippen LogP contribution in [0.3, 0.4) is 0 Å². The van der Waals surface area contributed by atoms with Gasteiger partial charge >= 0.3 is 0 Å². The number of amides is 2. The summed E-state index contributed by atoms with van der Waals surface area (Å²) in [7, 11) is 0. The number of nitrogens with one attached hydrogen (secondary N) is 2. The third kappa shape index (κ3) is 8.37. The SMILES string of the molecule is CCN(CC)CCNC(=O)c1cc(NC(=O)COCc2ccccc2)ccc1N1CCC(C)CC1. The molecular formula is C28H40N4O3. The first-order valence-electron chi connectivity index (χ1n) is 12.8. The van der Waals surface area contributed by atoms with E-state index in [0.29, 0.717) is 30.3 Å². The van der Waals surface area contributed by atoms with E-state index in [2.05, 4.69) is 41.2 Å². The van der Waals surface area contributed by atoms with Crippen molar-refractivity contribution in [1.29, 1.82) is 0 Å². The van der Waals surface area contributed by atoms with Gasteiger partial charge in [0.1, 0.15) is 6.61 Å². The summed E-state index contributed by atoms with van der Waals surface area (Å²) in [5.74, 6) is 0.350. The normalized spacial score (nSPS) is 14.2. The van der Waals surface area contributed by atoms with Gasteiger partial charge in [0.05, 0.1) is 12.2 Å². The summed E-state index contributed by atoms with van der Waals surface area (Å²) in [6.07, 6.45) is 2.22. The van der Waals surface area contributed by atoms with Crippen LogP contribution in [-0.2, 0) is 16.1 Å². The highest BCUT2D eigenvalue weighted by molar-refractivity contribution is 6.02. The van der Waals surface area contributed by atoms with Crippen molar-refractivity contribution < 1.29 is 14.3 Å². The van der Waals surface area contributed by atoms with Crippen molar-refractivity contribution in [2.24, 2.45) is 5.92 Å². The maximum absolute atomic E-state index is 13.2. The first-order chi connectivity index (χ1) is 17.0. The van der Waals surface area contributed by atoms with Crippen LogP contribution in [0, 0.1) is 5.92 Å². The van der Waals surface area contributed by atoms with Crippen LogP contribution in [0.2, 0.25) is 0 Å². The fraction of sp³-hybridized carbons (Fsp3) is 0.500. The van der Waals surface area contributed by atoms with E-state index < -0.39 is 0 Å². The lowest BCUT2D eigenvalue weighted by Gasteiger charge is -2.33. The van der Waals surface area contributed by atoms with Gasteiger partial charge in [-0.2, -0.15) is 0 Å². The largest absolute Gasteiger partial charge is 0.371 e. The molecule has 0 unspecified atom stereocenters. The number of carbonyl (C=O) groups excluding carboxylic acids is 2. The van der Waals surface area contributed by atoms with E-state index in [9.17, 15) is 9.59 Å². The summed E-state index contributed by atoms with van der Waals surface area (Å²) in [5, 5.41) is 5.96. The summed E-state index contributed by atoms with van der Waals surface area (Å²) in [6, 6.07) is 15.4. The van der Waals surface area contributed by atoms with Crippen LogP contribution in [0.4, 0.5) is 11.4 Å². The number of hydrogen-bond donors (Lipinski definition) is 2. The Kier molecular flexibility index (Phi) is 10.6. The molecule has 2 aromatic rings. The highest BCUT2D eigenvalue weighted by atomic mass is 16.5. The Morgan fingerprint density at radius 1 is 1.06 bits per heavy atom. The molecule has 2 amide bonds. The van der Waals surface area contributed by atoms with Crippen LogP contribution in [0.5, 0.6) is 0 Å². The molecule has 35 heavy (non-hydrogen) atoms. The van der Waals surface area contributed by atoms with E-state index >= 15 is 0 Å². The van der Waals surface area contributed by atoms with E-state index in [4.69, 9.17) is 4.74 Å². The molecule has 3 rings (SSSR count). The highest BCUT2D eigenvalue weighted by Gasteiger charge is 2.22. The zero-order chi connectivity index (χ0) is 25.0. The Bertz CT molecular complexity index is 938. The Balaban J connectivity index is 1.65. The van der Waals surface area contributed by atoms with Gasteiger partial charge in [-0.1, -0.05) is 51.1 Å². The smallest absolute Gasteiger partial charge is 0.253 e. The van der Waals surface area contributed by atoms with E-state index in [1.54, 1.807) is 6.07 Å². The lowest BCUT2D eigenvalue weighted by atomic mass is 9.97. The second-order valence-electron chi connectivity index (χ2n) is 9.21. The number of likely N-dealkylation sites (N-methyl/N-ethyl adjacent to an activating group) is 1. The molecule has 1 aliphatic rings. The average molecular weight is 481 g/mol. The van der Waals surface area contributed by atoms with Crippen LogP contribution >= 0.6 is 0 Å². The van der Waals surface area contributed by atoms with Crippen molar-refractivity contribution in [1.82, 2.24) is 10.2 Å². The molecule has 0 aromatic heterocycles. The van der Waals surface area contributed by atoms with Gasteiger partial charge in [-0.3, -0.25) is 9.59 Å². The predicted octanol–water partition coefficient (Wildman–Crippen LogP) is 4.15. The zero-order valence-corrected chi connectivity index (χ0v) is 21.4. The fourth-order valence-electron chi connectivity index (χ4n) is 4.32.